The molecule has 0 aliphatic carbocycles. The summed E-state index contributed by atoms with van der Waals surface area (Å²) in [5, 5.41) is 2.49. The zero-order chi connectivity index (χ0) is 42.1. The third-order valence-corrected chi connectivity index (χ3v) is 12.0. The van der Waals surface area contributed by atoms with Crippen molar-refractivity contribution in [1.82, 2.24) is 0 Å². The smallest absolute Gasteiger partial charge is 0.0540 e. The number of hydrogen-bond acceptors (Lipinski definition) is 1. The van der Waals surface area contributed by atoms with E-state index in [0.717, 1.165) is 17.1 Å². The van der Waals surface area contributed by atoms with Crippen LogP contribution in [0.25, 0.3) is 66.4 Å². The highest BCUT2D eigenvalue weighted by Crippen LogP contribution is 2.46. The normalized spacial score (nSPS) is 11.8. The second kappa shape index (κ2) is 16.2. The van der Waals surface area contributed by atoms with Crippen LogP contribution in [0.3, 0.4) is 0 Å². The molecular formula is C60H53N. The monoisotopic (exact) mass is 787 g/mol. The third-order valence-electron chi connectivity index (χ3n) is 12.0. The summed E-state index contributed by atoms with van der Waals surface area (Å²) in [6.07, 6.45) is 0. The van der Waals surface area contributed by atoms with Gasteiger partial charge in [-0.25, -0.2) is 0 Å². The molecule has 0 saturated carbocycles. The van der Waals surface area contributed by atoms with E-state index in [0.29, 0.717) is 0 Å². The lowest BCUT2D eigenvalue weighted by Gasteiger charge is -2.29. The Hall–Kier alpha value is -6.96. The molecule has 0 radical (unpaired) electrons. The molecule has 0 aliphatic rings. The van der Waals surface area contributed by atoms with Gasteiger partial charge >= 0.3 is 0 Å². The molecule has 61 heavy (non-hydrogen) atoms. The molecule has 0 aliphatic heterocycles. The van der Waals surface area contributed by atoms with E-state index in [4.69, 9.17) is 0 Å². The van der Waals surface area contributed by atoms with Gasteiger partial charge in [0.15, 0.2) is 0 Å². The Morgan fingerprint density at radius 3 is 1.13 bits per heavy atom. The van der Waals surface area contributed by atoms with Crippen molar-refractivity contribution < 1.29 is 0 Å². The van der Waals surface area contributed by atoms with Gasteiger partial charge in [-0.05, 0) is 113 Å². The van der Waals surface area contributed by atoms with Crippen LogP contribution < -0.4 is 4.90 Å². The number of hydrogen-bond donors (Lipinski definition) is 0. The van der Waals surface area contributed by atoms with Crippen LogP contribution in [0.4, 0.5) is 17.1 Å². The van der Waals surface area contributed by atoms with Gasteiger partial charge in [-0.15, -0.1) is 0 Å². The fraction of sp³-hybridized carbons (Fsp3) is 0.133. The molecule has 9 aromatic carbocycles. The Bertz CT molecular complexity index is 2890. The van der Waals surface area contributed by atoms with E-state index < -0.39 is 0 Å². The van der Waals surface area contributed by atoms with Crippen LogP contribution in [0, 0.1) is 0 Å². The zero-order valence-electron chi connectivity index (χ0n) is 36.2. The summed E-state index contributed by atoms with van der Waals surface area (Å²) >= 11 is 0. The van der Waals surface area contributed by atoms with Gasteiger partial charge in [0.2, 0.25) is 0 Å². The summed E-state index contributed by atoms with van der Waals surface area (Å²) < 4.78 is 0. The van der Waals surface area contributed by atoms with Crippen molar-refractivity contribution >= 4 is 27.8 Å². The number of nitrogens with zero attached hydrogens (tertiary/aromatic N) is 1. The minimum Gasteiger partial charge on any atom is -0.310 e. The Labute approximate surface area is 362 Å². The summed E-state index contributed by atoms with van der Waals surface area (Å²) in [5.74, 6) is 0. The van der Waals surface area contributed by atoms with Gasteiger partial charge in [0.1, 0.15) is 0 Å². The quantitative estimate of drug-likeness (QED) is 0.148. The summed E-state index contributed by atoms with van der Waals surface area (Å²) in [4.78, 5) is 2.42. The molecule has 0 atom stereocenters. The lowest BCUT2D eigenvalue weighted by atomic mass is 9.78. The van der Waals surface area contributed by atoms with E-state index in [2.05, 4.69) is 259 Å². The van der Waals surface area contributed by atoms with E-state index in [1.165, 1.54) is 77.5 Å². The Morgan fingerprint density at radius 2 is 0.672 bits per heavy atom. The van der Waals surface area contributed by atoms with Gasteiger partial charge in [0.25, 0.3) is 0 Å². The number of fused-ring (bicyclic) bond motifs is 1. The minimum atomic E-state index is 0.00769. The van der Waals surface area contributed by atoms with E-state index in [9.17, 15) is 0 Å². The lowest BCUT2D eigenvalue weighted by Crippen LogP contribution is -2.16. The van der Waals surface area contributed by atoms with Gasteiger partial charge in [-0.1, -0.05) is 224 Å². The number of benzene rings is 9. The van der Waals surface area contributed by atoms with Crippen LogP contribution in [-0.2, 0) is 10.8 Å². The summed E-state index contributed by atoms with van der Waals surface area (Å²) in [6.45, 7) is 13.9. The predicted molar refractivity (Wildman–Crippen MR) is 263 cm³/mol. The van der Waals surface area contributed by atoms with Gasteiger partial charge in [0.05, 0.1) is 5.69 Å². The molecule has 9 rings (SSSR count). The minimum absolute atomic E-state index is 0.00769. The van der Waals surface area contributed by atoms with Crippen molar-refractivity contribution in [3.8, 4) is 55.6 Å². The van der Waals surface area contributed by atoms with Crippen LogP contribution in [-0.4, -0.2) is 0 Å². The molecule has 0 spiro atoms. The van der Waals surface area contributed by atoms with Crippen LogP contribution in [0.5, 0.6) is 0 Å². The summed E-state index contributed by atoms with van der Waals surface area (Å²) in [6, 6.07) is 77.9. The van der Waals surface area contributed by atoms with Gasteiger partial charge in [0, 0.05) is 16.9 Å². The van der Waals surface area contributed by atoms with E-state index in [-0.39, 0.29) is 10.8 Å². The standard InChI is InChI=1S/C60H53N/c1-59(2,3)50-39-49(40-51(41-50)60(4,5)6)54-24-15-21-48-22-16-25-56(58(48)54)55-23-13-14-26-57(55)61(52-35-31-46(32-36-52)43-19-11-8-12-20-43)53-37-33-47(34-38-53)45-29-27-44(28-30-45)42-17-9-7-10-18-42/h7-41H,1-6H3. The number of anilines is 3. The van der Waals surface area contributed by atoms with Crippen molar-refractivity contribution in [1.29, 1.82) is 0 Å². The molecule has 0 aromatic heterocycles. The van der Waals surface area contributed by atoms with Crippen LogP contribution in [0.2, 0.25) is 0 Å². The Morgan fingerprint density at radius 1 is 0.295 bits per heavy atom. The fourth-order valence-corrected chi connectivity index (χ4v) is 8.50. The highest BCUT2D eigenvalue weighted by molar-refractivity contribution is 6.09. The second-order valence-corrected chi connectivity index (χ2v) is 18.3. The molecule has 0 fully saturated rings. The van der Waals surface area contributed by atoms with Crippen molar-refractivity contribution in [3.05, 3.63) is 223 Å². The van der Waals surface area contributed by atoms with Crippen LogP contribution in [0.1, 0.15) is 52.7 Å². The second-order valence-electron chi connectivity index (χ2n) is 18.3. The van der Waals surface area contributed by atoms with Gasteiger partial charge in [-0.3, -0.25) is 0 Å². The topological polar surface area (TPSA) is 3.24 Å². The molecule has 298 valence electrons. The van der Waals surface area contributed by atoms with Crippen molar-refractivity contribution in [3.63, 3.8) is 0 Å². The first-order valence-electron chi connectivity index (χ1n) is 21.5. The average Bonchev–Trinajstić information content (AvgIpc) is 3.29. The van der Waals surface area contributed by atoms with Crippen LogP contribution in [0.15, 0.2) is 212 Å². The third kappa shape index (κ3) is 8.17. The largest absolute Gasteiger partial charge is 0.310 e. The first-order valence-corrected chi connectivity index (χ1v) is 21.5. The maximum Gasteiger partial charge on any atom is 0.0540 e. The molecule has 1 heteroatoms. The fourth-order valence-electron chi connectivity index (χ4n) is 8.50. The maximum absolute atomic E-state index is 2.42. The van der Waals surface area contributed by atoms with Crippen LogP contribution >= 0.6 is 0 Å². The SMILES string of the molecule is CC(C)(C)c1cc(-c2cccc3cccc(-c4ccccc4N(c4ccc(-c5ccccc5)cc4)c4ccc(-c5ccc(-c6ccccc6)cc5)cc4)c23)cc(C(C)(C)C)c1. The van der Waals surface area contributed by atoms with Crippen molar-refractivity contribution in [2.24, 2.45) is 0 Å². The molecule has 0 heterocycles. The number of para-hydroxylation sites is 1. The van der Waals surface area contributed by atoms with Crippen molar-refractivity contribution in [2.45, 2.75) is 52.4 Å². The molecule has 0 bridgehead atoms. The van der Waals surface area contributed by atoms with Crippen molar-refractivity contribution in [2.75, 3.05) is 4.90 Å². The molecular weight excluding hydrogens is 735 g/mol. The molecule has 1 nitrogen and oxygen atoms in total. The molecule has 0 unspecified atom stereocenters. The Kier molecular flexibility index (Phi) is 10.5. The highest BCUT2D eigenvalue weighted by atomic mass is 15.1. The first kappa shape index (κ1) is 39.5. The maximum atomic E-state index is 2.42. The van der Waals surface area contributed by atoms with Gasteiger partial charge in [-0.2, -0.15) is 0 Å². The molecule has 0 N–H and O–H groups in total. The summed E-state index contributed by atoms with van der Waals surface area (Å²) in [7, 11) is 0. The summed E-state index contributed by atoms with van der Waals surface area (Å²) in [5.41, 5.74) is 18.1. The molecule has 0 saturated heterocycles. The van der Waals surface area contributed by atoms with E-state index in [1.54, 1.807) is 0 Å². The zero-order valence-corrected chi connectivity index (χ0v) is 36.2. The number of rotatable bonds is 8. The lowest BCUT2D eigenvalue weighted by molar-refractivity contribution is 0.569. The highest BCUT2D eigenvalue weighted by Gasteiger charge is 2.24. The van der Waals surface area contributed by atoms with E-state index >= 15 is 0 Å². The first-order chi connectivity index (χ1) is 29.5. The predicted octanol–water partition coefficient (Wildman–Crippen LogP) is 17.2. The van der Waals surface area contributed by atoms with E-state index in [1.807, 2.05) is 0 Å². The average molecular weight is 788 g/mol. The Balaban J connectivity index is 1.19. The molecule has 0 amide bonds. The molecule has 9 aromatic rings. The van der Waals surface area contributed by atoms with Gasteiger partial charge < -0.3 is 4.90 Å².